The molecule has 0 saturated heterocycles. The SMILES string of the molecule is C[C@H]1CCc2nc(Nc3ccccc3)ncc2C1. The van der Waals surface area contributed by atoms with Crippen LogP contribution >= 0.6 is 0 Å². The third kappa shape index (κ3) is 2.35. The first-order valence-electron chi connectivity index (χ1n) is 6.48. The van der Waals surface area contributed by atoms with Crippen molar-refractivity contribution in [2.45, 2.75) is 26.2 Å². The molecule has 1 aromatic heterocycles. The molecule has 18 heavy (non-hydrogen) atoms. The lowest BCUT2D eigenvalue weighted by atomic mass is 9.89. The molecule has 0 spiro atoms. The van der Waals surface area contributed by atoms with Gasteiger partial charge in [-0.1, -0.05) is 25.1 Å². The van der Waals surface area contributed by atoms with Crippen molar-refractivity contribution in [1.82, 2.24) is 9.97 Å². The van der Waals surface area contributed by atoms with Crippen molar-refractivity contribution < 1.29 is 0 Å². The quantitative estimate of drug-likeness (QED) is 0.873. The molecule has 0 saturated carbocycles. The van der Waals surface area contributed by atoms with Gasteiger partial charge in [-0.3, -0.25) is 0 Å². The molecule has 92 valence electrons. The summed E-state index contributed by atoms with van der Waals surface area (Å²) in [6, 6.07) is 10.0. The lowest BCUT2D eigenvalue weighted by Crippen LogP contribution is -2.14. The van der Waals surface area contributed by atoms with E-state index in [1.54, 1.807) is 0 Å². The lowest BCUT2D eigenvalue weighted by molar-refractivity contribution is 0.492. The highest BCUT2D eigenvalue weighted by Crippen LogP contribution is 2.24. The summed E-state index contributed by atoms with van der Waals surface area (Å²) in [5, 5.41) is 3.24. The van der Waals surface area contributed by atoms with Crippen LogP contribution in [0.5, 0.6) is 0 Å². The molecule has 1 N–H and O–H groups in total. The van der Waals surface area contributed by atoms with Crippen LogP contribution in [0.25, 0.3) is 0 Å². The van der Waals surface area contributed by atoms with E-state index in [1.165, 1.54) is 17.7 Å². The molecule has 1 atom stereocenters. The van der Waals surface area contributed by atoms with Crippen molar-refractivity contribution >= 4 is 11.6 Å². The van der Waals surface area contributed by atoms with Gasteiger partial charge < -0.3 is 5.32 Å². The molecule has 1 heterocycles. The van der Waals surface area contributed by atoms with Crippen LogP contribution in [0.2, 0.25) is 0 Å². The Bertz CT molecular complexity index is 537. The summed E-state index contributed by atoms with van der Waals surface area (Å²) in [5.74, 6) is 1.46. The Morgan fingerprint density at radius 3 is 2.89 bits per heavy atom. The minimum Gasteiger partial charge on any atom is -0.324 e. The zero-order valence-electron chi connectivity index (χ0n) is 10.6. The highest BCUT2D eigenvalue weighted by molar-refractivity contribution is 5.52. The number of aromatic nitrogens is 2. The molecule has 3 rings (SSSR count). The largest absolute Gasteiger partial charge is 0.324 e. The van der Waals surface area contributed by atoms with Gasteiger partial charge in [0, 0.05) is 17.6 Å². The summed E-state index contributed by atoms with van der Waals surface area (Å²) < 4.78 is 0. The number of rotatable bonds is 2. The predicted molar refractivity (Wildman–Crippen MR) is 72.9 cm³/mol. The number of benzene rings is 1. The summed E-state index contributed by atoms with van der Waals surface area (Å²) in [7, 11) is 0. The van der Waals surface area contributed by atoms with Crippen LogP contribution < -0.4 is 5.32 Å². The third-order valence-corrected chi connectivity index (χ3v) is 3.43. The second-order valence-corrected chi connectivity index (χ2v) is 5.00. The first-order valence-corrected chi connectivity index (χ1v) is 6.48. The summed E-state index contributed by atoms with van der Waals surface area (Å²) in [6.45, 7) is 2.29. The topological polar surface area (TPSA) is 37.8 Å². The molecule has 3 heteroatoms. The maximum atomic E-state index is 4.62. The average Bonchev–Trinajstić information content (AvgIpc) is 2.40. The van der Waals surface area contributed by atoms with E-state index >= 15 is 0 Å². The molecule has 0 unspecified atom stereocenters. The van der Waals surface area contributed by atoms with Gasteiger partial charge in [-0.15, -0.1) is 0 Å². The zero-order valence-corrected chi connectivity index (χ0v) is 10.6. The van der Waals surface area contributed by atoms with Gasteiger partial charge in [0.2, 0.25) is 5.95 Å². The van der Waals surface area contributed by atoms with Crippen molar-refractivity contribution in [3.63, 3.8) is 0 Å². The molecule has 1 aromatic carbocycles. The predicted octanol–water partition coefficient (Wildman–Crippen LogP) is 3.35. The maximum absolute atomic E-state index is 4.62. The highest BCUT2D eigenvalue weighted by atomic mass is 15.1. The molecular weight excluding hydrogens is 222 g/mol. The molecule has 0 aliphatic heterocycles. The molecule has 1 aliphatic rings. The summed E-state index contributed by atoms with van der Waals surface area (Å²) in [6.07, 6.45) is 5.39. The monoisotopic (exact) mass is 239 g/mol. The molecular formula is C15H17N3. The fourth-order valence-electron chi connectivity index (χ4n) is 2.40. The van der Waals surface area contributed by atoms with Gasteiger partial charge in [0.15, 0.2) is 0 Å². The van der Waals surface area contributed by atoms with E-state index in [0.717, 1.165) is 24.4 Å². The molecule has 3 nitrogen and oxygen atoms in total. The third-order valence-electron chi connectivity index (χ3n) is 3.43. The van der Waals surface area contributed by atoms with Crippen molar-refractivity contribution in [1.29, 1.82) is 0 Å². The Kier molecular flexibility index (Phi) is 2.97. The fourth-order valence-corrected chi connectivity index (χ4v) is 2.40. The number of anilines is 2. The van der Waals surface area contributed by atoms with Crippen molar-refractivity contribution in [2.75, 3.05) is 5.32 Å². The van der Waals surface area contributed by atoms with E-state index in [2.05, 4.69) is 22.2 Å². The second kappa shape index (κ2) is 4.77. The van der Waals surface area contributed by atoms with Gasteiger partial charge >= 0.3 is 0 Å². The smallest absolute Gasteiger partial charge is 0.227 e. The van der Waals surface area contributed by atoms with E-state index in [0.29, 0.717) is 5.95 Å². The summed E-state index contributed by atoms with van der Waals surface area (Å²) >= 11 is 0. The number of hydrogen-bond donors (Lipinski definition) is 1. The Balaban J connectivity index is 1.82. The Labute approximate surface area is 107 Å². The molecule has 1 aliphatic carbocycles. The Morgan fingerprint density at radius 2 is 2.06 bits per heavy atom. The summed E-state index contributed by atoms with van der Waals surface area (Å²) in [4.78, 5) is 9.02. The van der Waals surface area contributed by atoms with Crippen molar-refractivity contribution in [3.8, 4) is 0 Å². The lowest BCUT2D eigenvalue weighted by Gasteiger charge is -2.20. The van der Waals surface area contributed by atoms with E-state index in [-0.39, 0.29) is 0 Å². The van der Waals surface area contributed by atoms with E-state index in [4.69, 9.17) is 0 Å². The number of para-hydroxylation sites is 1. The van der Waals surface area contributed by atoms with Gasteiger partial charge in [0.05, 0.1) is 0 Å². The van der Waals surface area contributed by atoms with Crippen LogP contribution in [-0.2, 0) is 12.8 Å². The van der Waals surface area contributed by atoms with Gasteiger partial charge in [-0.05, 0) is 42.9 Å². The second-order valence-electron chi connectivity index (χ2n) is 5.00. The normalized spacial score (nSPS) is 18.2. The Hall–Kier alpha value is -1.90. The molecule has 0 amide bonds. The van der Waals surface area contributed by atoms with Crippen LogP contribution in [0, 0.1) is 5.92 Å². The van der Waals surface area contributed by atoms with Crippen LogP contribution in [-0.4, -0.2) is 9.97 Å². The van der Waals surface area contributed by atoms with Gasteiger partial charge in [0.25, 0.3) is 0 Å². The zero-order chi connectivity index (χ0) is 12.4. The average molecular weight is 239 g/mol. The highest BCUT2D eigenvalue weighted by Gasteiger charge is 2.17. The number of hydrogen-bond acceptors (Lipinski definition) is 3. The van der Waals surface area contributed by atoms with Crippen molar-refractivity contribution in [3.05, 3.63) is 47.8 Å². The standard InChI is InChI=1S/C15H17N3/c1-11-7-8-14-12(9-11)10-16-15(18-14)17-13-5-3-2-4-6-13/h2-6,10-11H,7-9H2,1H3,(H,16,17,18)/t11-/m0/s1. The minimum absolute atomic E-state index is 0.703. The van der Waals surface area contributed by atoms with E-state index < -0.39 is 0 Å². The summed E-state index contributed by atoms with van der Waals surface area (Å²) in [5.41, 5.74) is 3.55. The van der Waals surface area contributed by atoms with E-state index in [9.17, 15) is 0 Å². The number of nitrogens with one attached hydrogen (secondary N) is 1. The van der Waals surface area contributed by atoms with Crippen molar-refractivity contribution in [2.24, 2.45) is 5.92 Å². The van der Waals surface area contributed by atoms with Gasteiger partial charge in [-0.25, -0.2) is 9.97 Å². The Morgan fingerprint density at radius 1 is 1.22 bits per heavy atom. The van der Waals surface area contributed by atoms with Crippen LogP contribution in [0.3, 0.4) is 0 Å². The van der Waals surface area contributed by atoms with Crippen LogP contribution in [0.15, 0.2) is 36.5 Å². The van der Waals surface area contributed by atoms with Gasteiger partial charge in [0.1, 0.15) is 0 Å². The number of aryl methyl sites for hydroxylation is 1. The maximum Gasteiger partial charge on any atom is 0.227 e. The minimum atomic E-state index is 0.703. The van der Waals surface area contributed by atoms with Gasteiger partial charge in [-0.2, -0.15) is 0 Å². The first-order chi connectivity index (χ1) is 8.81. The number of nitrogens with zero attached hydrogens (tertiary/aromatic N) is 2. The van der Waals surface area contributed by atoms with Crippen LogP contribution in [0.1, 0.15) is 24.6 Å². The molecule has 0 bridgehead atoms. The van der Waals surface area contributed by atoms with E-state index in [1.807, 2.05) is 36.5 Å². The molecule has 2 aromatic rings. The molecule has 0 radical (unpaired) electrons. The first kappa shape index (κ1) is 11.2. The molecule has 0 fully saturated rings. The fraction of sp³-hybridized carbons (Fsp3) is 0.333. The number of fused-ring (bicyclic) bond motifs is 1. The van der Waals surface area contributed by atoms with Crippen LogP contribution in [0.4, 0.5) is 11.6 Å².